The highest BCUT2D eigenvalue weighted by Gasteiger charge is 2.17. The Morgan fingerprint density at radius 1 is 0.886 bits per heavy atom. The fourth-order valence-corrected chi connectivity index (χ4v) is 3.01. The predicted molar refractivity (Wildman–Crippen MR) is 137 cm³/mol. The molecule has 0 fully saturated rings. The number of carbonyl (C=O) groups is 3. The lowest BCUT2D eigenvalue weighted by Gasteiger charge is -2.11. The number of anilines is 2. The van der Waals surface area contributed by atoms with Crippen molar-refractivity contribution in [1.29, 1.82) is 0 Å². The summed E-state index contributed by atoms with van der Waals surface area (Å²) in [6, 6.07) is 21.0. The first-order chi connectivity index (χ1) is 17.0. The Morgan fingerprint density at radius 3 is 2.31 bits per heavy atom. The molecule has 0 aliphatic rings. The molecule has 0 atom stereocenters. The van der Waals surface area contributed by atoms with Gasteiger partial charge in [-0.25, -0.2) is 5.43 Å². The van der Waals surface area contributed by atoms with E-state index in [1.165, 1.54) is 6.21 Å². The summed E-state index contributed by atoms with van der Waals surface area (Å²) in [7, 11) is 0. The van der Waals surface area contributed by atoms with Crippen LogP contribution in [0.1, 0.15) is 41.3 Å². The minimum Gasteiger partial charge on any atom is -0.494 e. The Balaban J connectivity index is 1.55. The minimum absolute atomic E-state index is 0.208. The number of ether oxygens (including phenoxy) is 1. The molecular formula is C27H28N4O4. The summed E-state index contributed by atoms with van der Waals surface area (Å²) in [5.74, 6) is -1.57. The summed E-state index contributed by atoms with van der Waals surface area (Å²) < 4.78 is 5.60. The molecule has 0 aliphatic heterocycles. The zero-order valence-electron chi connectivity index (χ0n) is 19.7. The van der Waals surface area contributed by atoms with E-state index in [1.807, 2.05) is 31.2 Å². The molecule has 35 heavy (non-hydrogen) atoms. The number of hydrogen-bond donors (Lipinski definition) is 3. The molecule has 180 valence electrons. The quantitative estimate of drug-likeness (QED) is 0.184. The van der Waals surface area contributed by atoms with Gasteiger partial charge in [-0.1, -0.05) is 43.2 Å². The van der Waals surface area contributed by atoms with E-state index >= 15 is 0 Å². The van der Waals surface area contributed by atoms with Gasteiger partial charge in [0.1, 0.15) is 5.75 Å². The van der Waals surface area contributed by atoms with Crippen LogP contribution in [-0.2, 0) is 9.59 Å². The van der Waals surface area contributed by atoms with Crippen LogP contribution in [0, 0.1) is 6.92 Å². The fraction of sp³-hybridized carbons (Fsp3) is 0.185. The Labute approximate surface area is 204 Å². The molecule has 3 N–H and O–H groups in total. The third-order valence-corrected chi connectivity index (χ3v) is 4.96. The smallest absolute Gasteiger partial charge is 0.329 e. The van der Waals surface area contributed by atoms with Crippen molar-refractivity contribution in [2.24, 2.45) is 5.10 Å². The van der Waals surface area contributed by atoms with E-state index in [9.17, 15) is 14.4 Å². The molecule has 8 heteroatoms. The number of hydrazone groups is 1. The van der Waals surface area contributed by atoms with E-state index in [1.54, 1.807) is 48.5 Å². The lowest BCUT2D eigenvalue weighted by Crippen LogP contribution is -2.33. The van der Waals surface area contributed by atoms with Crippen molar-refractivity contribution >= 4 is 35.3 Å². The summed E-state index contributed by atoms with van der Waals surface area (Å²) in [6.45, 7) is 4.71. The van der Waals surface area contributed by atoms with Crippen LogP contribution < -0.4 is 20.8 Å². The van der Waals surface area contributed by atoms with Gasteiger partial charge in [0.05, 0.1) is 24.1 Å². The number of benzene rings is 3. The predicted octanol–water partition coefficient (Wildman–Crippen LogP) is 4.52. The molecule has 0 saturated carbocycles. The first-order valence-electron chi connectivity index (χ1n) is 11.3. The second-order valence-corrected chi connectivity index (χ2v) is 7.79. The maximum Gasteiger partial charge on any atom is 0.329 e. The maximum absolute atomic E-state index is 12.7. The summed E-state index contributed by atoms with van der Waals surface area (Å²) in [4.78, 5) is 37.2. The van der Waals surface area contributed by atoms with E-state index in [0.29, 0.717) is 12.3 Å². The summed E-state index contributed by atoms with van der Waals surface area (Å²) in [5.41, 5.74) is 5.03. The zero-order valence-corrected chi connectivity index (χ0v) is 19.7. The van der Waals surface area contributed by atoms with Crippen LogP contribution in [0.25, 0.3) is 0 Å². The minimum atomic E-state index is -0.963. The molecule has 0 unspecified atom stereocenters. The molecule has 8 nitrogen and oxygen atoms in total. The van der Waals surface area contributed by atoms with Crippen molar-refractivity contribution in [2.45, 2.75) is 26.7 Å². The van der Waals surface area contributed by atoms with Crippen LogP contribution in [0.4, 0.5) is 11.4 Å². The van der Waals surface area contributed by atoms with Gasteiger partial charge in [0.15, 0.2) is 0 Å². The fourth-order valence-electron chi connectivity index (χ4n) is 3.01. The van der Waals surface area contributed by atoms with Gasteiger partial charge in [0, 0.05) is 5.69 Å². The van der Waals surface area contributed by atoms with E-state index in [2.05, 4.69) is 28.1 Å². The first-order valence-corrected chi connectivity index (χ1v) is 11.3. The average Bonchev–Trinajstić information content (AvgIpc) is 2.86. The average molecular weight is 473 g/mol. The van der Waals surface area contributed by atoms with Crippen LogP contribution in [0.15, 0.2) is 77.9 Å². The lowest BCUT2D eigenvalue weighted by atomic mass is 10.1. The topological polar surface area (TPSA) is 109 Å². The summed E-state index contributed by atoms with van der Waals surface area (Å²) >= 11 is 0. The van der Waals surface area contributed by atoms with E-state index in [-0.39, 0.29) is 11.3 Å². The standard InChI is InChI=1S/C27H28N4O4/c1-3-4-17-35-22-15-11-20(12-16-22)18-28-31-27(34)26(33)30-24-8-6-5-7-23(24)25(32)29-21-13-9-19(2)10-14-21/h5-16,18H,3-4,17H2,1-2H3,(H,29,32)(H,30,33)(H,31,34). The zero-order chi connectivity index (χ0) is 25.0. The number of aryl methyl sites for hydroxylation is 1. The molecular weight excluding hydrogens is 444 g/mol. The molecule has 0 spiro atoms. The van der Waals surface area contributed by atoms with Crippen molar-refractivity contribution in [2.75, 3.05) is 17.2 Å². The molecule has 0 heterocycles. The Bertz CT molecular complexity index is 1190. The second-order valence-electron chi connectivity index (χ2n) is 7.79. The summed E-state index contributed by atoms with van der Waals surface area (Å²) in [5, 5.41) is 9.06. The molecule has 3 aromatic rings. The molecule has 0 aliphatic carbocycles. The van der Waals surface area contributed by atoms with Crippen LogP contribution in [0.3, 0.4) is 0 Å². The van der Waals surface area contributed by atoms with Gasteiger partial charge in [-0.2, -0.15) is 5.10 Å². The number of carbonyl (C=O) groups excluding carboxylic acids is 3. The monoisotopic (exact) mass is 472 g/mol. The van der Waals surface area contributed by atoms with E-state index < -0.39 is 17.7 Å². The van der Waals surface area contributed by atoms with Crippen LogP contribution in [0.2, 0.25) is 0 Å². The highest BCUT2D eigenvalue weighted by molar-refractivity contribution is 6.40. The first kappa shape index (κ1) is 25.2. The number of hydrogen-bond acceptors (Lipinski definition) is 5. The molecule has 0 bridgehead atoms. The normalized spacial score (nSPS) is 10.6. The van der Waals surface area contributed by atoms with Crippen LogP contribution in [-0.4, -0.2) is 30.5 Å². The van der Waals surface area contributed by atoms with E-state index in [4.69, 9.17) is 4.74 Å². The SMILES string of the molecule is CCCCOc1ccc(C=NNC(=O)C(=O)Nc2ccccc2C(=O)Nc2ccc(C)cc2)cc1. The van der Waals surface area contributed by atoms with Gasteiger partial charge in [-0.3, -0.25) is 14.4 Å². The number of para-hydroxylation sites is 1. The van der Waals surface area contributed by atoms with Gasteiger partial charge in [0.2, 0.25) is 0 Å². The molecule has 0 radical (unpaired) electrons. The number of unbranched alkanes of at least 4 members (excludes halogenated alkanes) is 1. The van der Waals surface area contributed by atoms with Gasteiger partial charge in [0.25, 0.3) is 5.91 Å². The van der Waals surface area contributed by atoms with Crippen molar-refractivity contribution in [3.8, 4) is 5.75 Å². The van der Waals surface area contributed by atoms with Crippen LogP contribution in [0.5, 0.6) is 5.75 Å². The Kier molecular flexibility index (Phi) is 9.13. The number of amides is 3. The largest absolute Gasteiger partial charge is 0.494 e. The van der Waals surface area contributed by atoms with Gasteiger partial charge >= 0.3 is 11.8 Å². The van der Waals surface area contributed by atoms with Gasteiger partial charge < -0.3 is 15.4 Å². The molecule has 3 aromatic carbocycles. The van der Waals surface area contributed by atoms with Crippen molar-refractivity contribution in [1.82, 2.24) is 5.43 Å². The van der Waals surface area contributed by atoms with Crippen molar-refractivity contribution < 1.29 is 19.1 Å². The highest BCUT2D eigenvalue weighted by atomic mass is 16.5. The number of rotatable bonds is 9. The second kappa shape index (κ2) is 12.7. The van der Waals surface area contributed by atoms with Gasteiger partial charge in [-0.05, 0) is 67.4 Å². The third kappa shape index (κ3) is 7.82. The van der Waals surface area contributed by atoms with Crippen molar-refractivity contribution in [3.05, 3.63) is 89.5 Å². The Hall–Kier alpha value is -4.46. The van der Waals surface area contributed by atoms with Crippen molar-refractivity contribution in [3.63, 3.8) is 0 Å². The number of nitrogens with one attached hydrogen (secondary N) is 3. The lowest BCUT2D eigenvalue weighted by molar-refractivity contribution is -0.136. The summed E-state index contributed by atoms with van der Waals surface area (Å²) in [6.07, 6.45) is 3.47. The highest BCUT2D eigenvalue weighted by Crippen LogP contribution is 2.18. The molecule has 3 amide bonds. The van der Waals surface area contributed by atoms with Gasteiger partial charge in [-0.15, -0.1) is 0 Å². The molecule has 0 saturated heterocycles. The third-order valence-electron chi connectivity index (χ3n) is 4.96. The maximum atomic E-state index is 12.7. The number of nitrogens with zero attached hydrogens (tertiary/aromatic N) is 1. The van der Waals surface area contributed by atoms with E-state index in [0.717, 1.165) is 29.7 Å². The molecule has 0 aromatic heterocycles. The Morgan fingerprint density at radius 2 is 1.60 bits per heavy atom. The molecule has 3 rings (SSSR count). The van der Waals surface area contributed by atoms with Crippen LogP contribution >= 0.6 is 0 Å².